The lowest BCUT2D eigenvalue weighted by atomic mass is 10.1. The first kappa shape index (κ1) is 17.3. The summed E-state index contributed by atoms with van der Waals surface area (Å²) < 4.78 is 59.3. The van der Waals surface area contributed by atoms with Crippen LogP contribution < -0.4 is 10.6 Å². The molecule has 2 amide bonds. The number of carbonyl (C=O) groups is 1. The highest BCUT2D eigenvalue weighted by atomic mass is 32.2. The van der Waals surface area contributed by atoms with Gasteiger partial charge in [-0.3, -0.25) is 4.90 Å². The Balaban J connectivity index is 1.65. The largest absolute Gasteiger partial charge is 0.401 e. The molecule has 22 heavy (non-hydrogen) atoms. The number of hydrogen-bond donors (Lipinski definition) is 2. The Kier molecular flexibility index (Phi) is 5.21. The summed E-state index contributed by atoms with van der Waals surface area (Å²) in [5, 5.41) is 5.19. The van der Waals surface area contributed by atoms with Crippen LogP contribution >= 0.6 is 0 Å². The Hall–Kier alpha value is -1.03. The Labute approximate surface area is 127 Å². The van der Waals surface area contributed by atoms with Crippen molar-refractivity contribution in [3.8, 4) is 0 Å². The molecule has 2 atom stereocenters. The molecule has 0 spiro atoms. The molecular formula is C12H20F3N3O3S. The quantitative estimate of drug-likeness (QED) is 0.772. The summed E-state index contributed by atoms with van der Waals surface area (Å²) in [6.45, 7) is 0.0429. The van der Waals surface area contributed by atoms with Crippen LogP contribution in [0.2, 0.25) is 0 Å². The number of hydrogen-bond acceptors (Lipinski definition) is 4. The van der Waals surface area contributed by atoms with Gasteiger partial charge in [0.05, 0.1) is 18.1 Å². The predicted molar refractivity (Wildman–Crippen MR) is 74.2 cm³/mol. The van der Waals surface area contributed by atoms with E-state index >= 15 is 0 Å². The van der Waals surface area contributed by atoms with Crippen molar-refractivity contribution in [3.63, 3.8) is 0 Å². The molecule has 0 saturated carbocycles. The average Bonchev–Trinajstić information content (AvgIpc) is 2.91. The van der Waals surface area contributed by atoms with Crippen LogP contribution in [-0.2, 0) is 9.84 Å². The molecule has 2 aliphatic rings. The first-order valence-electron chi connectivity index (χ1n) is 7.17. The SMILES string of the molecule is O=C(NC[C@H]1CCN(CC(F)(F)F)C1)N[C@H]1CCS(=O)(=O)C1. The zero-order valence-electron chi connectivity index (χ0n) is 12.0. The second-order valence-corrected chi connectivity index (χ2v) is 8.19. The van der Waals surface area contributed by atoms with Gasteiger partial charge in [0, 0.05) is 19.1 Å². The lowest BCUT2D eigenvalue weighted by Crippen LogP contribution is -2.44. The van der Waals surface area contributed by atoms with Crippen LogP contribution in [0.4, 0.5) is 18.0 Å². The summed E-state index contributed by atoms with van der Waals surface area (Å²) in [4.78, 5) is 13.0. The molecule has 2 rings (SSSR count). The van der Waals surface area contributed by atoms with Gasteiger partial charge in [-0.15, -0.1) is 0 Å². The lowest BCUT2D eigenvalue weighted by molar-refractivity contribution is -0.143. The van der Waals surface area contributed by atoms with Crippen LogP contribution in [0.1, 0.15) is 12.8 Å². The fraction of sp³-hybridized carbons (Fsp3) is 0.917. The molecule has 2 saturated heterocycles. The zero-order valence-corrected chi connectivity index (χ0v) is 12.8. The van der Waals surface area contributed by atoms with Crippen molar-refractivity contribution in [2.75, 3.05) is 37.7 Å². The number of amides is 2. The van der Waals surface area contributed by atoms with Crippen molar-refractivity contribution >= 4 is 15.9 Å². The van der Waals surface area contributed by atoms with Gasteiger partial charge in [-0.05, 0) is 25.3 Å². The molecule has 2 heterocycles. The number of sulfone groups is 1. The minimum Gasteiger partial charge on any atom is -0.338 e. The number of nitrogens with one attached hydrogen (secondary N) is 2. The number of alkyl halides is 3. The molecule has 10 heteroatoms. The third-order valence-corrected chi connectivity index (χ3v) is 5.66. The zero-order chi connectivity index (χ0) is 16.4. The van der Waals surface area contributed by atoms with E-state index in [0.717, 1.165) is 0 Å². The van der Waals surface area contributed by atoms with E-state index in [1.807, 2.05) is 0 Å². The molecule has 0 aromatic heterocycles. The normalized spacial score (nSPS) is 28.7. The van der Waals surface area contributed by atoms with Crippen molar-refractivity contribution < 1.29 is 26.4 Å². The highest BCUT2D eigenvalue weighted by Gasteiger charge is 2.34. The van der Waals surface area contributed by atoms with Crippen molar-refractivity contribution in [1.82, 2.24) is 15.5 Å². The van der Waals surface area contributed by atoms with Gasteiger partial charge in [0.1, 0.15) is 0 Å². The molecule has 0 radical (unpaired) electrons. The molecule has 2 aliphatic heterocycles. The second-order valence-electron chi connectivity index (χ2n) is 5.96. The van der Waals surface area contributed by atoms with E-state index < -0.39 is 28.6 Å². The van der Waals surface area contributed by atoms with Crippen LogP contribution in [0.15, 0.2) is 0 Å². The molecule has 128 valence electrons. The number of likely N-dealkylation sites (tertiary alicyclic amines) is 1. The molecule has 0 aromatic rings. The fourth-order valence-electron chi connectivity index (χ4n) is 2.86. The highest BCUT2D eigenvalue weighted by Crippen LogP contribution is 2.22. The van der Waals surface area contributed by atoms with Crippen molar-refractivity contribution in [3.05, 3.63) is 0 Å². The summed E-state index contributed by atoms with van der Waals surface area (Å²) >= 11 is 0. The summed E-state index contributed by atoms with van der Waals surface area (Å²) in [5.41, 5.74) is 0. The molecule has 0 aromatic carbocycles. The number of urea groups is 1. The number of rotatable bonds is 4. The Morgan fingerprint density at radius 3 is 2.59 bits per heavy atom. The molecule has 0 aliphatic carbocycles. The molecule has 0 unspecified atom stereocenters. The first-order valence-corrected chi connectivity index (χ1v) is 8.99. The van der Waals surface area contributed by atoms with Crippen LogP contribution in [-0.4, -0.2) is 69.3 Å². The Morgan fingerprint density at radius 1 is 1.27 bits per heavy atom. The number of nitrogens with zero attached hydrogens (tertiary/aromatic N) is 1. The molecular weight excluding hydrogens is 323 g/mol. The monoisotopic (exact) mass is 343 g/mol. The summed E-state index contributed by atoms with van der Waals surface area (Å²) in [6.07, 6.45) is -3.19. The Bertz CT molecular complexity index is 509. The van der Waals surface area contributed by atoms with Crippen LogP contribution in [0, 0.1) is 5.92 Å². The molecule has 0 bridgehead atoms. The van der Waals surface area contributed by atoms with Gasteiger partial charge in [-0.25, -0.2) is 13.2 Å². The van der Waals surface area contributed by atoms with Crippen LogP contribution in [0.3, 0.4) is 0 Å². The minimum atomic E-state index is -4.20. The standard InChI is InChI=1S/C12H20F3N3O3S/c13-12(14,15)8-18-3-1-9(6-18)5-16-11(19)17-10-2-4-22(20,21)7-10/h9-10H,1-8H2,(H2,16,17,19)/t9-,10+/m1/s1. The van der Waals surface area contributed by atoms with Crippen LogP contribution in [0.25, 0.3) is 0 Å². The Morgan fingerprint density at radius 2 is 2.00 bits per heavy atom. The predicted octanol–water partition coefficient (Wildman–Crippen LogP) is 0.357. The topological polar surface area (TPSA) is 78.5 Å². The van der Waals surface area contributed by atoms with Gasteiger partial charge in [-0.1, -0.05) is 0 Å². The maximum atomic E-state index is 12.3. The van der Waals surface area contributed by atoms with E-state index in [9.17, 15) is 26.4 Å². The van der Waals surface area contributed by atoms with Gasteiger partial charge < -0.3 is 10.6 Å². The summed E-state index contributed by atoms with van der Waals surface area (Å²) in [7, 11) is -3.05. The van der Waals surface area contributed by atoms with Crippen LogP contribution in [0.5, 0.6) is 0 Å². The summed E-state index contributed by atoms with van der Waals surface area (Å²) in [5.74, 6) is 0.0105. The summed E-state index contributed by atoms with van der Waals surface area (Å²) in [6, 6.07) is -0.841. The molecule has 6 nitrogen and oxygen atoms in total. The van der Waals surface area contributed by atoms with Crippen molar-refractivity contribution in [1.29, 1.82) is 0 Å². The third kappa shape index (κ3) is 5.64. The van der Waals surface area contributed by atoms with Gasteiger partial charge in [0.15, 0.2) is 9.84 Å². The number of halogens is 3. The third-order valence-electron chi connectivity index (χ3n) is 3.89. The highest BCUT2D eigenvalue weighted by molar-refractivity contribution is 7.91. The van der Waals surface area contributed by atoms with Gasteiger partial charge in [0.2, 0.25) is 0 Å². The van der Waals surface area contributed by atoms with E-state index in [0.29, 0.717) is 32.5 Å². The fourth-order valence-corrected chi connectivity index (χ4v) is 4.53. The molecule has 2 fully saturated rings. The van der Waals surface area contributed by atoms with Crippen molar-refractivity contribution in [2.45, 2.75) is 25.1 Å². The smallest absolute Gasteiger partial charge is 0.338 e. The number of carbonyl (C=O) groups excluding carboxylic acids is 1. The first-order chi connectivity index (χ1) is 10.1. The second kappa shape index (κ2) is 6.61. The minimum absolute atomic E-state index is 0.0135. The van der Waals surface area contributed by atoms with E-state index in [1.165, 1.54) is 4.90 Å². The van der Waals surface area contributed by atoms with E-state index in [1.54, 1.807) is 0 Å². The maximum Gasteiger partial charge on any atom is 0.401 e. The van der Waals surface area contributed by atoms with E-state index in [2.05, 4.69) is 10.6 Å². The lowest BCUT2D eigenvalue weighted by Gasteiger charge is -2.18. The molecule has 2 N–H and O–H groups in total. The van der Waals surface area contributed by atoms with Gasteiger partial charge in [-0.2, -0.15) is 13.2 Å². The van der Waals surface area contributed by atoms with E-state index in [4.69, 9.17) is 0 Å². The van der Waals surface area contributed by atoms with E-state index in [-0.39, 0.29) is 23.5 Å². The average molecular weight is 343 g/mol. The van der Waals surface area contributed by atoms with Gasteiger partial charge in [0.25, 0.3) is 0 Å². The van der Waals surface area contributed by atoms with Crippen molar-refractivity contribution in [2.24, 2.45) is 5.92 Å². The maximum absolute atomic E-state index is 12.3. The van der Waals surface area contributed by atoms with Gasteiger partial charge >= 0.3 is 12.2 Å².